The van der Waals surface area contributed by atoms with Crippen LogP contribution in [-0.2, 0) is 19.1 Å². The van der Waals surface area contributed by atoms with E-state index in [1.807, 2.05) is 6.92 Å². The molecule has 0 heterocycles. The lowest BCUT2D eigenvalue weighted by atomic mass is 10.1. The molecule has 0 unspecified atom stereocenters. The number of unbranched alkanes of at least 4 members (excludes halogenated alkanes) is 10. The van der Waals surface area contributed by atoms with Gasteiger partial charge in [0.05, 0.1) is 13.2 Å². The average molecular weight is 383 g/mol. The van der Waals surface area contributed by atoms with Gasteiger partial charge in [0.25, 0.3) is 0 Å². The van der Waals surface area contributed by atoms with Gasteiger partial charge in [-0.2, -0.15) is 0 Å². The van der Waals surface area contributed by atoms with Crippen LogP contribution in [0.2, 0.25) is 0 Å². The molecule has 0 radical (unpaired) electrons. The number of carbonyl (C=O) groups is 2. The van der Waals surface area contributed by atoms with Crippen LogP contribution < -0.4 is 0 Å². The zero-order valence-corrected chi connectivity index (χ0v) is 18.0. The Bertz CT molecular complexity index is 388. The van der Waals surface area contributed by atoms with E-state index in [2.05, 4.69) is 24.8 Å². The highest BCUT2D eigenvalue weighted by Crippen LogP contribution is 2.10. The van der Waals surface area contributed by atoms with E-state index in [9.17, 15) is 9.59 Å². The highest BCUT2D eigenvalue weighted by atomic mass is 16.5. The van der Waals surface area contributed by atoms with Crippen molar-refractivity contribution in [3.05, 3.63) is 24.8 Å². The molecular formula is C23H42O4. The lowest BCUT2D eigenvalue weighted by Crippen LogP contribution is -2.05. The van der Waals surface area contributed by atoms with Gasteiger partial charge in [-0.1, -0.05) is 91.2 Å². The molecule has 4 heteroatoms. The van der Waals surface area contributed by atoms with Crippen LogP contribution in [0.15, 0.2) is 24.8 Å². The quantitative estimate of drug-likeness (QED) is 0.173. The Morgan fingerprint density at radius 3 is 1.63 bits per heavy atom. The molecule has 0 spiro atoms. The molecule has 0 saturated heterocycles. The molecule has 0 rings (SSSR count). The van der Waals surface area contributed by atoms with E-state index in [1.165, 1.54) is 63.9 Å². The second-order valence-electron chi connectivity index (χ2n) is 6.82. The van der Waals surface area contributed by atoms with Crippen LogP contribution >= 0.6 is 0 Å². The monoisotopic (exact) mass is 382 g/mol. The fourth-order valence-corrected chi connectivity index (χ4v) is 2.25. The van der Waals surface area contributed by atoms with E-state index >= 15 is 0 Å². The largest absolute Gasteiger partial charge is 0.463 e. The minimum absolute atomic E-state index is 0.258. The number of hydrogen-bond acceptors (Lipinski definition) is 4. The second kappa shape index (κ2) is 22.5. The van der Waals surface area contributed by atoms with E-state index in [0.29, 0.717) is 18.8 Å². The minimum Gasteiger partial charge on any atom is -0.463 e. The van der Waals surface area contributed by atoms with Crippen molar-refractivity contribution < 1.29 is 19.1 Å². The van der Waals surface area contributed by atoms with E-state index in [4.69, 9.17) is 4.74 Å². The van der Waals surface area contributed by atoms with Crippen LogP contribution in [0.25, 0.3) is 0 Å². The molecule has 0 aliphatic carbocycles. The Kier molecular flexibility index (Phi) is 23.0. The Labute approximate surface area is 167 Å². The maximum absolute atomic E-state index is 11.1. The summed E-state index contributed by atoms with van der Waals surface area (Å²) in [4.78, 5) is 21.4. The molecule has 0 atom stereocenters. The van der Waals surface area contributed by atoms with E-state index < -0.39 is 0 Å². The zero-order valence-electron chi connectivity index (χ0n) is 18.0. The van der Waals surface area contributed by atoms with Crippen LogP contribution in [-0.4, -0.2) is 25.2 Å². The standard InChI is InChI=1S/C16H30O2.C7H12O2/c1-4-5-6-7-8-9-10-11-12-13-14-18-16(17)15(2)3;1-3-5-6-9-7(8)4-2/h2,4-14H2,1,3H3;4H,2-3,5-6H2,1H3. The number of carbonyl (C=O) groups excluding carboxylic acids is 2. The first-order valence-electron chi connectivity index (χ1n) is 10.6. The smallest absolute Gasteiger partial charge is 0.333 e. The van der Waals surface area contributed by atoms with Crippen LogP contribution in [0.1, 0.15) is 97.8 Å². The molecule has 0 bridgehead atoms. The third-order valence-electron chi connectivity index (χ3n) is 3.99. The van der Waals surface area contributed by atoms with E-state index in [0.717, 1.165) is 19.3 Å². The summed E-state index contributed by atoms with van der Waals surface area (Å²) >= 11 is 0. The van der Waals surface area contributed by atoms with E-state index in [-0.39, 0.29) is 11.9 Å². The zero-order chi connectivity index (χ0) is 20.8. The maximum Gasteiger partial charge on any atom is 0.333 e. The molecule has 0 fully saturated rings. The molecule has 27 heavy (non-hydrogen) atoms. The van der Waals surface area contributed by atoms with Crippen molar-refractivity contribution in [2.75, 3.05) is 13.2 Å². The summed E-state index contributed by atoms with van der Waals surface area (Å²) in [6.45, 7) is 13.8. The van der Waals surface area contributed by atoms with Gasteiger partial charge in [0, 0.05) is 11.6 Å². The summed E-state index contributed by atoms with van der Waals surface area (Å²) < 4.78 is 9.71. The fraction of sp³-hybridized carbons (Fsp3) is 0.739. The van der Waals surface area contributed by atoms with Gasteiger partial charge in [0.15, 0.2) is 0 Å². The first kappa shape index (κ1) is 27.6. The molecule has 0 saturated carbocycles. The molecular weight excluding hydrogens is 340 g/mol. The van der Waals surface area contributed by atoms with E-state index in [1.54, 1.807) is 6.92 Å². The van der Waals surface area contributed by atoms with Gasteiger partial charge in [-0.3, -0.25) is 0 Å². The summed E-state index contributed by atoms with van der Waals surface area (Å²) in [5, 5.41) is 0. The van der Waals surface area contributed by atoms with Gasteiger partial charge >= 0.3 is 11.9 Å². The SMILES string of the molecule is C=C(C)C(=O)OCCCCCCCCCCCC.C=CC(=O)OCCCC. The molecule has 0 aromatic carbocycles. The number of ether oxygens (including phenoxy) is 2. The first-order valence-corrected chi connectivity index (χ1v) is 10.6. The second-order valence-corrected chi connectivity index (χ2v) is 6.82. The number of hydrogen-bond donors (Lipinski definition) is 0. The third-order valence-corrected chi connectivity index (χ3v) is 3.99. The molecule has 0 N–H and O–H groups in total. The summed E-state index contributed by atoms with van der Waals surface area (Å²) in [6, 6.07) is 0. The highest BCUT2D eigenvalue weighted by Gasteiger charge is 2.01. The van der Waals surface area contributed by atoms with Crippen molar-refractivity contribution in [1.29, 1.82) is 0 Å². The molecule has 0 aromatic rings. The number of esters is 2. The van der Waals surface area contributed by atoms with Crippen molar-refractivity contribution >= 4 is 11.9 Å². The fourth-order valence-electron chi connectivity index (χ4n) is 2.25. The van der Waals surface area contributed by atoms with Crippen LogP contribution in [0.4, 0.5) is 0 Å². The Morgan fingerprint density at radius 1 is 0.741 bits per heavy atom. The summed E-state index contributed by atoms with van der Waals surface area (Å²) in [5.41, 5.74) is 0.488. The lowest BCUT2D eigenvalue weighted by molar-refractivity contribution is -0.139. The normalized spacial score (nSPS) is 9.74. The molecule has 0 aliphatic rings. The van der Waals surface area contributed by atoms with Gasteiger partial charge in [-0.15, -0.1) is 0 Å². The van der Waals surface area contributed by atoms with Crippen molar-refractivity contribution in [3.63, 3.8) is 0 Å². The molecule has 0 amide bonds. The molecule has 158 valence electrons. The Morgan fingerprint density at radius 2 is 1.19 bits per heavy atom. The predicted molar refractivity (Wildman–Crippen MR) is 114 cm³/mol. The average Bonchev–Trinajstić information content (AvgIpc) is 2.66. The van der Waals surface area contributed by atoms with Crippen molar-refractivity contribution in [2.45, 2.75) is 97.8 Å². The van der Waals surface area contributed by atoms with Crippen LogP contribution in [0.5, 0.6) is 0 Å². The van der Waals surface area contributed by atoms with Gasteiger partial charge in [0.1, 0.15) is 0 Å². The topological polar surface area (TPSA) is 52.6 Å². The van der Waals surface area contributed by atoms with Crippen molar-refractivity contribution in [3.8, 4) is 0 Å². The van der Waals surface area contributed by atoms with Crippen LogP contribution in [0.3, 0.4) is 0 Å². The third kappa shape index (κ3) is 24.4. The molecule has 0 aliphatic heterocycles. The summed E-state index contributed by atoms with van der Waals surface area (Å²) in [6.07, 6.45) is 16.1. The highest BCUT2D eigenvalue weighted by molar-refractivity contribution is 5.86. The predicted octanol–water partition coefficient (Wildman–Crippen LogP) is 6.54. The van der Waals surface area contributed by atoms with Crippen LogP contribution in [0, 0.1) is 0 Å². The Balaban J connectivity index is 0. The maximum atomic E-state index is 11.1. The first-order chi connectivity index (χ1) is 13.0. The van der Waals surface area contributed by atoms with Gasteiger partial charge < -0.3 is 9.47 Å². The minimum atomic E-state index is -0.330. The summed E-state index contributed by atoms with van der Waals surface area (Å²) in [5.74, 6) is -0.589. The van der Waals surface area contributed by atoms with Crippen molar-refractivity contribution in [2.24, 2.45) is 0 Å². The lowest BCUT2D eigenvalue weighted by Gasteiger charge is -2.04. The molecule has 0 aromatic heterocycles. The molecule has 4 nitrogen and oxygen atoms in total. The summed E-state index contributed by atoms with van der Waals surface area (Å²) in [7, 11) is 0. The van der Waals surface area contributed by atoms with Gasteiger partial charge in [0.2, 0.25) is 0 Å². The Hall–Kier alpha value is -1.58. The van der Waals surface area contributed by atoms with Gasteiger partial charge in [-0.05, 0) is 19.8 Å². The number of rotatable bonds is 16. The van der Waals surface area contributed by atoms with Gasteiger partial charge in [-0.25, -0.2) is 9.59 Å². The van der Waals surface area contributed by atoms with Crippen molar-refractivity contribution in [1.82, 2.24) is 0 Å².